The highest BCUT2D eigenvalue weighted by Crippen LogP contribution is 2.07. The maximum Gasteiger partial charge on any atom is 0.164 e. The molecule has 0 unspecified atom stereocenters. The van der Waals surface area contributed by atoms with Crippen LogP contribution in [0.5, 0.6) is 0 Å². The third-order valence-electron chi connectivity index (χ3n) is 1.25. The van der Waals surface area contributed by atoms with Crippen molar-refractivity contribution in [3.63, 3.8) is 0 Å². The molecular weight excluding hydrogens is 154 g/mol. The van der Waals surface area contributed by atoms with Gasteiger partial charge in [0.05, 0.1) is 11.9 Å². The van der Waals surface area contributed by atoms with Crippen LogP contribution in [-0.2, 0) is 0 Å². The minimum absolute atomic E-state index is 0.532. The number of nitrogen functional groups attached to an aromatic ring is 1. The summed E-state index contributed by atoms with van der Waals surface area (Å²) in [6, 6.07) is 1.76. The van der Waals surface area contributed by atoms with Crippen molar-refractivity contribution in [2.24, 2.45) is 5.84 Å². The third-order valence-corrected chi connectivity index (χ3v) is 1.25. The second-order valence-corrected chi connectivity index (χ2v) is 2.14. The summed E-state index contributed by atoms with van der Waals surface area (Å²) in [6.07, 6.45) is 3.38. The molecule has 0 atom stereocenters. The highest BCUT2D eigenvalue weighted by molar-refractivity contribution is 5.49. The molecule has 5 nitrogen and oxygen atoms in total. The van der Waals surface area contributed by atoms with Crippen molar-refractivity contribution in [3.05, 3.63) is 24.9 Å². The van der Waals surface area contributed by atoms with Crippen molar-refractivity contribution in [2.45, 2.75) is 0 Å². The van der Waals surface area contributed by atoms with Gasteiger partial charge in [-0.05, 0) is 0 Å². The molecule has 0 saturated heterocycles. The quantitative estimate of drug-likeness (QED) is 0.341. The lowest BCUT2D eigenvalue weighted by atomic mass is 10.4. The number of hydrazine groups is 1. The van der Waals surface area contributed by atoms with E-state index in [0.29, 0.717) is 12.4 Å². The molecule has 5 heteroatoms. The fourth-order valence-corrected chi connectivity index (χ4v) is 0.724. The van der Waals surface area contributed by atoms with Crippen LogP contribution in [0.4, 0.5) is 11.5 Å². The molecule has 0 bridgehead atoms. The molecule has 0 aliphatic heterocycles. The molecule has 0 fully saturated rings. The number of nitrogens with zero attached hydrogens (tertiary/aromatic N) is 2. The van der Waals surface area contributed by atoms with Crippen LogP contribution in [0.25, 0.3) is 0 Å². The molecule has 4 N–H and O–H groups in total. The van der Waals surface area contributed by atoms with Crippen LogP contribution in [0.15, 0.2) is 24.9 Å². The van der Waals surface area contributed by atoms with E-state index in [1.165, 1.54) is 0 Å². The van der Waals surface area contributed by atoms with Crippen molar-refractivity contribution in [1.82, 2.24) is 10.2 Å². The molecule has 1 rings (SSSR count). The van der Waals surface area contributed by atoms with Crippen LogP contribution in [-0.4, -0.2) is 16.7 Å². The molecule has 1 aromatic heterocycles. The Kier molecular flexibility index (Phi) is 3.04. The van der Waals surface area contributed by atoms with Crippen molar-refractivity contribution in [2.75, 3.05) is 17.3 Å². The van der Waals surface area contributed by atoms with Gasteiger partial charge in [-0.3, -0.25) is 0 Å². The van der Waals surface area contributed by atoms with Crippen LogP contribution in [0.3, 0.4) is 0 Å². The monoisotopic (exact) mass is 165 g/mol. The molecule has 0 amide bonds. The largest absolute Gasteiger partial charge is 0.380 e. The lowest BCUT2D eigenvalue weighted by Gasteiger charge is -2.03. The first kappa shape index (κ1) is 8.48. The lowest BCUT2D eigenvalue weighted by Crippen LogP contribution is -2.10. The van der Waals surface area contributed by atoms with Gasteiger partial charge in [-0.1, -0.05) is 6.08 Å². The maximum absolute atomic E-state index is 5.15. The maximum atomic E-state index is 5.15. The lowest BCUT2D eigenvalue weighted by molar-refractivity contribution is 1.02. The Bertz CT molecular complexity index is 260. The standard InChI is InChI=1S/C7H11N5/c1-2-3-9-6-4-7(11-8)12-10-5-6/h2,4-5H,1,3,8H2,(H2,9,11,12). The number of hydrogen-bond donors (Lipinski definition) is 3. The predicted octanol–water partition coefficient (Wildman–Crippen LogP) is 0.360. The third kappa shape index (κ3) is 2.21. The molecule has 0 aromatic carbocycles. The summed E-state index contributed by atoms with van der Waals surface area (Å²) in [6.45, 7) is 4.27. The Balaban J connectivity index is 2.65. The molecule has 0 radical (unpaired) electrons. The molecule has 1 aromatic rings. The van der Waals surface area contributed by atoms with Crippen molar-refractivity contribution in [3.8, 4) is 0 Å². The van der Waals surface area contributed by atoms with Gasteiger partial charge in [-0.2, -0.15) is 5.10 Å². The summed E-state index contributed by atoms with van der Waals surface area (Å²) in [5, 5.41) is 10.5. The van der Waals surface area contributed by atoms with E-state index in [1.807, 2.05) is 0 Å². The van der Waals surface area contributed by atoms with Crippen LogP contribution < -0.4 is 16.6 Å². The van der Waals surface area contributed by atoms with Gasteiger partial charge in [-0.15, -0.1) is 11.7 Å². The first-order valence-corrected chi connectivity index (χ1v) is 3.51. The Hall–Kier alpha value is -1.62. The van der Waals surface area contributed by atoms with E-state index in [2.05, 4.69) is 27.5 Å². The summed E-state index contributed by atoms with van der Waals surface area (Å²) in [4.78, 5) is 0. The van der Waals surface area contributed by atoms with Crippen LogP contribution in [0.2, 0.25) is 0 Å². The van der Waals surface area contributed by atoms with Gasteiger partial charge >= 0.3 is 0 Å². The van der Waals surface area contributed by atoms with Gasteiger partial charge < -0.3 is 10.7 Å². The van der Waals surface area contributed by atoms with Gasteiger partial charge in [0, 0.05) is 12.6 Å². The molecule has 0 aliphatic carbocycles. The molecule has 12 heavy (non-hydrogen) atoms. The minimum Gasteiger partial charge on any atom is -0.380 e. The Morgan fingerprint density at radius 3 is 3.17 bits per heavy atom. The van der Waals surface area contributed by atoms with Gasteiger partial charge in [0.15, 0.2) is 5.82 Å². The average Bonchev–Trinajstić information content (AvgIpc) is 2.15. The number of aromatic nitrogens is 2. The van der Waals surface area contributed by atoms with Crippen LogP contribution in [0, 0.1) is 0 Å². The fraction of sp³-hybridized carbons (Fsp3) is 0.143. The van der Waals surface area contributed by atoms with Gasteiger partial charge in [0.25, 0.3) is 0 Å². The minimum atomic E-state index is 0.532. The molecule has 0 saturated carbocycles. The second kappa shape index (κ2) is 4.30. The number of anilines is 2. The summed E-state index contributed by atoms with van der Waals surface area (Å²) in [5.41, 5.74) is 3.26. The number of nitrogens with one attached hydrogen (secondary N) is 2. The molecule has 0 aliphatic rings. The second-order valence-electron chi connectivity index (χ2n) is 2.14. The van der Waals surface area contributed by atoms with Gasteiger partial charge in [0.1, 0.15) is 0 Å². The summed E-state index contributed by atoms with van der Waals surface area (Å²) >= 11 is 0. The number of nitrogens with two attached hydrogens (primary N) is 1. The molecule has 64 valence electrons. The summed E-state index contributed by atoms with van der Waals surface area (Å²) in [5.74, 6) is 5.68. The van der Waals surface area contributed by atoms with Crippen LogP contribution >= 0.6 is 0 Å². The number of rotatable bonds is 4. The Labute approximate surface area is 70.7 Å². The molecule has 0 spiro atoms. The van der Waals surface area contributed by atoms with Crippen LogP contribution in [0.1, 0.15) is 0 Å². The van der Waals surface area contributed by atoms with E-state index in [1.54, 1.807) is 18.3 Å². The number of hydrogen-bond acceptors (Lipinski definition) is 5. The van der Waals surface area contributed by atoms with Crippen molar-refractivity contribution < 1.29 is 0 Å². The van der Waals surface area contributed by atoms with E-state index in [-0.39, 0.29) is 0 Å². The molecular formula is C7H11N5. The van der Waals surface area contributed by atoms with E-state index in [4.69, 9.17) is 5.84 Å². The molecule has 1 heterocycles. The first-order chi connectivity index (χ1) is 5.86. The van der Waals surface area contributed by atoms with E-state index in [9.17, 15) is 0 Å². The highest BCUT2D eigenvalue weighted by Gasteiger charge is 1.93. The van der Waals surface area contributed by atoms with Gasteiger partial charge in [0.2, 0.25) is 0 Å². The fourth-order valence-electron chi connectivity index (χ4n) is 0.724. The zero-order chi connectivity index (χ0) is 8.81. The zero-order valence-corrected chi connectivity index (χ0v) is 6.62. The Morgan fingerprint density at radius 1 is 1.67 bits per heavy atom. The smallest absolute Gasteiger partial charge is 0.164 e. The SMILES string of the molecule is C=CCNc1cnnc(NN)c1. The predicted molar refractivity (Wildman–Crippen MR) is 48.5 cm³/mol. The summed E-state index contributed by atoms with van der Waals surface area (Å²) in [7, 11) is 0. The highest BCUT2D eigenvalue weighted by atomic mass is 15.3. The van der Waals surface area contributed by atoms with E-state index in [0.717, 1.165) is 5.69 Å². The van der Waals surface area contributed by atoms with Gasteiger partial charge in [-0.25, -0.2) is 5.84 Å². The zero-order valence-electron chi connectivity index (χ0n) is 6.62. The van der Waals surface area contributed by atoms with E-state index < -0.39 is 0 Å². The first-order valence-electron chi connectivity index (χ1n) is 3.51. The normalized spacial score (nSPS) is 9.08. The van der Waals surface area contributed by atoms with E-state index >= 15 is 0 Å². The van der Waals surface area contributed by atoms with Crippen molar-refractivity contribution in [1.29, 1.82) is 0 Å². The summed E-state index contributed by atoms with van der Waals surface area (Å²) < 4.78 is 0. The Morgan fingerprint density at radius 2 is 2.50 bits per heavy atom. The average molecular weight is 165 g/mol. The van der Waals surface area contributed by atoms with Crippen molar-refractivity contribution >= 4 is 11.5 Å². The topological polar surface area (TPSA) is 75.9 Å².